The summed E-state index contributed by atoms with van der Waals surface area (Å²) < 4.78 is 11.4. The summed E-state index contributed by atoms with van der Waals surface area (Å²) in [5.74, 6) is -0.135. The minimum absolute atomic E-state index is 0.186. The molecule has 2 aromatic rings. The van der Waals surface area contributed by atoms with Gasteiger partial charge in [0, 0.05) is 6.04 Å². The van der Waals surface area contributed by atoms with Crippen LogP contribution >= 0.6 is 0 Å². The average Bonchev–Trinajstić information content (AvgIpc) is 3.17. The fraction of sp³-hybridized carbons (Fsp3) is 0.462. The van der Waals surface area contributed by atoms with Crippen molar-refractivity contribution in [3.05, 3.63) is 65.7 Å². The predicted molar refractivity (Wildman–Crippen MR) is 126 cm³/mol. The maximum atomic E-state index is 13.1. The molecule has 0 radical (unpaired) electrons. The zero-order valence-corrected chi connectivity index (χ0v) is 19.8. The lowest BCUT2D eigenvalue weighted by molar-refractivity contribution is -0.160. The van der Waals surface area contributed by atoms with Crippen LogP contribution in [-0.2, 0) is 16.1 Å². The molecule has 1 amide bonds. The number of para-hydroxylation sites is 1. The van der Waals surface area contributed by atoms with E-state index < -0.39 is 17.7 Å². The van der Waals surface area contributed by atoms with Crippen LogP contribution in [0.1, 0.15) is 49.5 Å². The number of aliphatic hydroxyl groups is 1. The van der Waals surface area contributed by atoms with Crippen molar-refractivity contribution in [1.29, 1.82) is 0 Å². The van der Waals surface area contributed by atoms with E-state index in [0.29, 0.717) is 30.8 Å². The second-order valence-electron chi connectivity index (χ2n) is 9.39. The molecule has 0 spiro atoms. The van der Waals surface area contributed by atoms with Crippen molar-refractivity contribution >= 4 is 11.9 Å². The van der Waals surface area contributed by atoms with Crippen LogP contribution in [0.4, 0.5) is 0 Å². The first kappa shape index (κ1) is 24.7. The van der Waals surface area contributed by atoms with E-state index in [9.17, 15) is 14.7 Å². The van der Waals surface area contributed by atoms with Crippen LogP contribution in [0.15, 0.2) is 54.6 Å². The number of likely N-dealkylation sites (N-methyl/N-ethyl adjacent to an activating group) is 1. The number of carbonyl (C=O) groups excluding carboxylic acids is 2. The Labute approximate surface area is 195 Å². The Bertz CT molecular complexity index is 941. The molecule has 0 unspecified atom stereocenters. The first-order chi connectivity index (χ1) is 15.7. The molecule has 1 aliphatic rings. The second-order valence-corrected chi connectivity index (χ2v) is 9.39. The minimum Gasteiger partial charge on any atom is -0.488 e. The molecule has 0 bridgehead atoms. The summed E-state index contributed by atoms with van der Waals surface area (Å²) >= 11 is 0. The van der Waals surface area contributed by atoms with E-state index >= 15 is 0 Å². The molecule has 0 aliphatic carbocycles. The number of amides is 1. The van der Waals surface area contributed by atoms with Gasteiger partial charge in [-0.1, -0.05) is 42.5 Å². The van der Waals surface area contributed by atoms with Crippen molar-refractivity contribution in [3.8, 4) is 5.75 Å². The smallest absolute Gasteiger partial charge is 0.323 e. The van der Waals surface area contributed by atoms with Crippen LogP contribution in [0.2, 0.25) is 0 Å². The number of esters is 1. The lowest BCUT2D eigenvalue weighted by Crippen LogP contribution is -2.52. The third-order valence-electron chi connectivity index (χ3n) is 5.78. The van der Waals surface area contributed by atoms with E-state index in [1.165, 1.54) is 0 Å². The highest BCUT2D eigenvalue weighted by atomic mass is 16.6. The van der Waals surface area contributed by atoms with Crippen LogP contribution < -0.4 is 10.1 Å². The molecule has 2 N–H and O–H groups in total. The Morgan fingerprint density at radius 1 is 1.09 bits per heavy atom. The normalized spacial score (nSPS) is 19.7. The molecule has 178 valence electrons. The number of likely N-dealkylation sites (tertiary alicyclic amines) is 1. The first-order valence-electron chi connectivity index (χ1n) is 11.3. The topological polar surface area (TPSA) is 88.1 Å². The SMILES string of the molecule is CN1[C@@H](C(=O)OC(C)(C)C)CC[C@H]1[C@H](CO)NC(=O)c1ccccc1OCc1ccccc1. The molecule has 3 rings (SSSR count). The van der Waals surface area contributed by atoms with Crippen molar-refractivity contribution in [3.63, 3.8) is 0 Å². The third kappa shape index (κ3) is 6.55. The van der Waals surface area contributed by atoms with Gasteiger partial charge in [0.1, 0.15) is 24.0 Å². The van der Waals surface area contributed by atoms with Crippen molar-refractivity contribution < 1.29 is 24.2 Å². The number of benzene rings is 2. The standard InChI is InChI=1S/C26H34N2O5/c1-26(2,3)33-25(31)22-15-14-21(28(22)4)20(16-29)27-24(30)19-12-8-9-13-23(19)32-17-18-10-6-5-7-11-18/h5-13,20-22,29H,14-17H2,1-4H3,(H,27,30)/t20-,21-,22+/m0/s1. The molecule has 0 aromatic heterocycles. The monoisotopic (exact) mass is 454 g/mol. The van der Waals surface area contributed by atoms with E-state index in [1.54, 1.807) is 18.2 Å². The van der Waals surface area contributed by atoms with Gasteiger partial charge in [-0.15, -0.1) is 0 Å². The van der Waals surface area contributed by atoms with Gasteiger partial charge in [-0.2, -0.15) is 0 Å². The van der Waals surface area contributed by atoms with Crippen molar-refractivity contribution in [1.82, 2.24) is 10.2 Å². The lowest BCUT2D eigenvalue weighted by Gasteiger charge is -2.32. The van der Waals surface area contributed by atoms with E-state index in [0.717, 1.165) is 5.56 Å². The van der Waals surface area contributed by atoms with Crippen LogP contribution in [0.5, 0.6) is 5.75 Å². The molecule has 2 aromatic carbocycles. The first-order valence-corrected chi connectivity index (χ1v) is 11.3. The summed E-state index contributed by atoms with van der Waals surface area (Å²) in [5, 5.41) is 13.0. The third-order valence-corrected chi connectivity index (χ3v) is 5.78. The molecular weight excluding hydrogens is 420 g/mol. The molecule has 33 heavy (non-hydrogen) atoms. The highest BCUT2D eigenvalue weighted by Gasteiger charge is 2.41. The number of hydrogen-bond donors (Lipinski definition) is 2. The highest BCUT2D eigenvalue weighted by Crippen LogP contribution is 2.27. The Hall–Kier alpha value is -2.90. The van der Waals surface area contributed by atoms with Crippen LogP contribution in [0, 0.1) is 0 Å². The molecule has 7 heteroatoms. The van der Waals surface area contributed by atoms with Crippen molar-refractivity contribution in [2.75, 3.05) is 13.7 Å². The van der Waals surface area contributed by atoms with Gasteiger partial charge in [-0.25, -0.2) is 0 Å². The number of nitrogens with one attached hydrogen (secondary N) is 1. The molecule has 7 nitrogen and oxygen atoms in total. The maximum absolute atomic E-state index is 13.1. The zero-order chi connectivity index (χ0) is 24.0. The van der Waals surface area contributed by atoms with Gasteiger partial charge in [0.2, 0.25) is 0 Å². The summed E-state index contributed by atoms with van der Waals surface area (Å²) in [5.41, 5.74) is 0.835. The van der Waals surface area contributed by atoms with E-state index in [2.05, 4.69) is 5.32 Å². The minimum atomic E-state index is -0.565. The largest absolute Gasteiger partial charge is 0.488 e. The number of nitrogens with zero attached hydrogens (tertiary/aromatic N) is 1. The quantitative estimate of drug-likeness (QED) is 0.596. The molecule has 3 atom stereocenters. The number of ether oxygens (including phenoxy) is 2. The molecule has 1 heterocycles. The summed E-state index contributed by atoms with van der Waals surface area (Å²) in [6.45, 7) is 5.62. The number of carbonyl (C=O) groups is 2. The fourth-order valence-electron chi connectivity index (χ4n) is 4.13. The molecule has 1 fully saturated rings. The number of aliphatic hydroxyl groups excluding tert-OH is 1. The lowest BCUT2D eigenvalue weighted by atomic mass is 10.1. The van der Waals surface area contributed by atoms with Crippen molar-refractivity contribution in [2.45, 2.75) is 63.9 Å². The van der Waals surface area contributed by atoms with E-state index in [-0.39, 0.29) is 24.5 Å². The number of rotatable bonds is 8. The predicted octanol–water partition coefficient (Wildman–Crippen LogP) is 3.16. The fourth-order valence-corrected chi connectivity index (χ4v) is 4.13. The molecule has 0 saturated carbocycles. The summed E-state index contributed by atoms with van der Waals surface area (Å²) in [4.78, 5) is 27.6. The summed E-state index contributed by atoms with van der Waals surface area (Å²) in [7, 11) is 1.83. The zero-order valence-electron chi connectivity index (χ0n) is 19.8. The molecule has 1 saturated heterocycles. The summed E-state index contributed by atoms with van der Waals surface area (Å²) in [6, 6.07) is 15.7. The summed E-state index contributed by atoms with van der Waals surface area (Å²) in [6.07, 6.45) is 1.28. The van der Waals surface area contributed by atoms with Gasteiger partial charge < -0.3 is 19.9 Å². The van der Waals surface area contributed by atoms with E-state index in [1.807, 2.05) is 69.1 Å². The van der Waals surface area contributed by atoms with E-state index in [4.69, 9.17) is 9.47 Å². The highest BCUT2D eigenvalue weighted by molar-refractivity contribution is 5.97. The van der Waals surface area contributed by atoms with Gasteiger partial charge in [-0.3, -0.25) is 14.5 Å². The van der Waals surface area contributed by atoms with Gasteiger partial charge in [0.05, 0.1) is 18.2 Å². The second kappa shape index (κ2) is 10.8. The Kier molecular flexibility index (Phi) is 8.10. The van der Waals surface area contributed by atoms with Crippen molar-refractivity contribution in [2.24, 2.45) is 0 Å². The average molecular weight is 455 g/mol. The molecular formula is C26H34N2O5. The maximum Gasteiger partial charge on any atom is 0.323 e. The Morgan fingerprint density at radius 3 is 2.42 bits per heavy atom. The molecule has 1 aliphatic heterocycles. The van der Waals surface area contributed by atoms with Gasteiger partial charge in [0.15, 0.2) is 0 Å². The Balaban J connectivity index is 1.66. The Morgan fingerprint density at radius 2 is 1.76 bits per heavy atom. The van der Waals surface area contributed by atoms with Crippen LogP contribution in [-0.4, -0.2) is 59.3 Å². The van der Waals surface area contributed by atoms with Crippen LogP contribution in [0.25, 0.3) is 0 Å². The van der Waals surface area contributed by atoms with Gasteiger partial charge >= 0.3 is 5.97 Å². The van der Waals surface area contributed by atoms with Gasteiger partial charge in [0.25, 0.3) is 5.91 Å². The van der Waals surface area contributed by atoms with Crippen LogP contribution in [0.3, 0.4) is 0 Å². The van der Waals surface area contributed by atoms with Gasteiger partial charge in [-0.05, 0) is 58.4 Å². The number of hydrogen-bond acceptors (Lipinski definition) is 6.